The second-order valence-corrected chi connectivity index (χ2v) is 8.80. The number of carbonyl (C=O) groups is 1. The standard InChI is InChI=1S/C17H27N3O4S.ClH/c1-13(19-16(21)17(12-18)7-9-24-10-8-17)14-5-4-6-15(11-14)25(22,23)20(2)3;/h4-6,11,13H,7-10,12,18H2,1-3H3,(H,19,21);1H. The van der Waals surface area contributed by atoms with Crippen LogP contribution < -0.4 is 11.1 Å². The maximum atomic E-state index is 12.8. The van der Waals surface area contributed by atoms with E-state index in [-0.39, 0.29) is 35.8 Å². The van der Waals surface area contributed by atoms with E-state index in [1.807, 2.05) is 6.92 Å². The molecular weight excluding hydrogens is 378 g/mol. The van der Waals surface area contributed by atoms with Crippen molar-refractivity contribution in [1.82, 2.24) is 9.62 Å². The Balaban J connectivity index is 0.00000338. The van der Waals surface area contributed by atoms with Crippen LogP contribution >= 0.6 is 12.4 Å². The van der Waals surface area contributed by atoms with E-state index in [2.05, 4.69) is 5.32 Å². The highest BCUT2D eigenvalue weighted by molar-refractivity contribution is 7.89. The zero-order chi connectivity index (χ0) is 18.7. The average molecular weight is 406 g/mol. The second-order valence-electron chi connectivity index (χ2n) is 6.65. The van der Waals surface area contributed by atoms with Gasteiger partial charge in [-0.05, 0) is 37.5 Å². The largest absolute Gasteiger partial charge is 0.381 e. The van der Waals surface area contributed by atoms with Crippen LogP contribution in [0.4, 0.5) is 0 Å². The lowest BCUT2D eigenvalue weighted by molar-refractivity contribution is -0.136. The number of amides is 1. The van der Waals surface area contributed by atoms with Crippen molar-refractivity contribution in [1.29, 1.82) is 0 Å². The summed E-state index contributed by atoms with van der Waals surface area (Å²) in [5.74, 6) is -0.105. The summed E-state index contributed by atoms with van der Waals surface area (Å²) in [6.07, 6.45) is 1.19. The van der Waals surface area contributed by atoms with E-state index in [0.717, 1.165) is 5.56 Å². The first-order valence-electron chi connectivity index (χ1n) is 8.34. The first-order valence-corrected chi connectivity index (χ1v) is 9.78. The van der Waals surface area contributed by atoms with Gasteiger partial charge in [0.05, 0.1) is 16.4 Å². The SMILES string of the molecule is CC(NC(=O)C1(CN)CCOCC1)c1cccc(S(=O)(=O)N(C)C)c1.Cl. The maximum absolute atomic E-state index is 12.8. The number of nitrogens with one attached hydrogen (secondary N) is 1. The molecule has 1 amide bonds. The van der Waals surface area contributed by atoms with Crippen LogP contribution in [0, 0.1) is 5.41 Å². The zero-order valence-electron chi connectivity index (χ0n) is 15.4. The molecule has 1 atom stereocenters. The van der Waals surface area contributed by atoms with Gasteiger partial charge in [0, 0.05) is 33.9 Å². The van der Waals surface area contributed by atoms with Crippen molar-refractivity contribution < 1.29 is 17.9 Å². The van der Waals surface area contributed by atoms with Crippen LogP contribution in [0.5, 0.6) is 0 Å². The molecule has 1 aromatic rings. The molecule has 0 saturated carbocycles. The topological polar surface area (TPSA) is 102 Å². The van der Waals surface area contributed by atoms with E-state index in [4.69, 9.17) is 10.5 Å². The molecule has 3 N–H and O–H groups in total. The van der Waals surface area contributed by atoms with Crippen LogP contribution in [-0.2, 0) is 19.6 Å². The summed E-state index contributed by atoms with van der Waals surface area (Å²) in [6.45, 7) is 3.15. The molecule has 0 bridgehead atoms. The van der Waals surface area contributed by atoms with Crippen molar-refractivity contribution in [3.8, 4) is 0 Å². The van der Waals surface area contributed by atoms with E-state index in [0.29, 0.717) is 26.1 Å². The number of nitrogens with two attached hydrogens (primary N) is 1. The molecule has 1 aromatic carbocycles. The molecule has 1 heterocycles. The minimum absolute atomic E-state index is 0. The van der Waals surface area contributed by atoms with Crippen LogP contribution in [0.2, 0.25) is 0 Å². The Morgan fingerprint density at radius 1 is 1.35 bits per heavy atom. The number of nitrogens with zero attached hydrogens (tertiary/aromatic N) is 1. The van der Waals surface area contributed by atoms with Gasteiger partial charge in [0.2, 0.25) is 15.9 Å². The van der Waals surface area contributed by atoms with Gasteiger partial charge in [-0.1, -0.05) is 12.1 Å². The Hall–Kier alpha value is -1.19. The molecule has 1 saturated heterocycles. The summed E-state index contributed by atoms with van der Waals surface area (Å²) in [6, 6.07) is 6.31. The molecule has 1 fully saturated rings. The van der Waals surface area contributed by atoms with Gasteiger partial charge in [-0.25, -0.2) is 12.7 Å². The van der Waals surface area contributed by atoms with Crippen molar-refractivity contribution >= 4 is 28.3 Å². The minimum Gasteiger partial charge on any atom is -0.381 e. The minimum atomic E-state index is -3.51. The van der Waals surface area contributed by atoms with Crippen molar-refractivity contribution in [3.63, 3.8) is 0 Å². The third kappa shape index (κ3) is 4.75. The van der Waals surface area contributed by atoms with E-state index in [9.17, 15) is 13.2 Å². The number of sulfonamides is 1. The summed E-state index contributed by atoms with van der Waals surface area (Å²) >= 11 is 0. The molecule has 1 aliphatic heterocycles. The molecule has 7 nitrogen and oxygen atoms in total. The van der Waals surface area contributed by atoms with Gasteiger partial charge in [-0.3, -0.25) is 4.79 Å². The molecule has 1 unspecified atom stereocenters. The first kappa shape index (κ1) is 22.9. The van der Waals surface area contributed by atoms with E-state index in [1.165, 1.54) is 18.4 Å². The summed E-state index contributed by atoms with van der Waals surface area (Å²) in [4.78, 5) is 13.0. The second kappa shape index (κ2) is 9.14. The van der Waals surface area contributed by atoms with Gasteiger partial charge in [-0.15, -0.1) is 12.4 Å². The highest BCUT2D eigenvalue weighted by Gasteiger charge is 2.39. The zero-order valence-corrected chi connectivity index (χ0v) is 17.0. The fraction of sp³-hybridized carbons (Fsp3) is 0.588. The van der Waals surface area contributed by atoms with Crippen molar-refractivity contribution in [3.05, 3.63) is 29.8 Å². The Kier molecular flexibility index (Phi) is 8.04. The number of rotatable bonds is 6. The molecule has 148 valence electrons. The lowest BCUT2D eigenvalue weighted by Gasteiger charge is -2.35. The van der Waals surface area contributed by atoms with Gasteiger partial charge < -0.3 is 15.8 Å². The summed E-state index contributed by atoms with van der Waals surface area (Å²) in [5.41, 5.74) is 5.99. The van der Waals surface area contributed by atoms with Crippen molar-refractivity contribution in [2.75, 3.05) is 33.9 Å². The number of halogens is 1. The Morgan fingerprint density at radius 3 is 2.50 bits per heavy atom. The molecule has 0 radical (unpaired) electrons. The number of carbonyl (C=O) groups excluding carboxylic acids is 1. The Morgan fingerprint density at radius 2 is 1.96 bits per heavy atom. The monoisotopic (exact) mass is 405 g/mol. The summed E-state index contributed by atoms with van der Waals surface area (Å²) in [7, 11) is -0.536. The fourth-order valence-electron chi connectivity index (χ4n) is 2.87. The normalized spacial score (nSPS) is 18.0. The van der Waals surface area contributed by atoms with E-state index in [1.54, 1.807) is 24.3 Å². The number of ether oxygens (including phenoxy) is 1. The highest BCUT2D eigenvalue weighted by atomic mass is 35.5. The third-order valence-corrected chi connectivity index (χ3v) is 6.62. The molecule has 0 aromatic heterocycles. The molecule has 0 spiro atoms. The van der Waals surface area contributed by atoms with Crippen LogP contribution in [0.1, 0.15) is 31.4 Å². The van der Waals surface area contributed by atoms with E-state index < -0.39 is 15.4 Å². The van der Waals surface area contributed by atoms with Gasteiger partial charge >= 0.3 is 0 Å². The van der Waals surface area contributed by atoms with Gasteiger partial charge in [-0.2, -0.15) is 0 Å². The number of hydrogen-bond donors (Lipinski definition) is 2. The van der Waals surface area contributed by atoms with Crippen LogP contribution in [0.3, 0.4) is 0 Å². The molecule has 0 aliphatic carbocycles. The van der Waals surface area contributed by atoms with E-state index >= 15 is 0 Å². The number of hydrogen-bond acceptors (Lipinski definition) is 5. The van der Waals surface area contributed by atoms with Crippen molar-refractivity contribution in [2.45, 2.75) is 30.7 Å². The van der Waals surface area contributed by atoms with Crippen LogP contribution in [0.25, 0.3) is 0 Å². The Bertz CT molecular complexity index is 718. The Labute approximate surface area is 161 Å². The predicted molar refractivity (Wildman–Crippen MR) is 103 cm³/mol. The van der Waals surface area contributed by atoms with Gasteiger partial charge in [0.25, 0.3) is 0 Å². The summed E-state index contributed by atoms with van der Waals surface area (Å²) in [5, 5.41) is 2.98. The van der Waals surface area contributed by atoms with Crippen molar-refractivity contribution in [2.24, 2.45) is 11.1 Å². The number of benzene rings is 1. The van der Waals surface area contributed by atoms with Gasteiger partial charge in [0.1, 0.15) is 0 Å². The molecule has 1 aliphatic rings. The molecule has 9 heteroatoms. The van der Waals surface area contributed by atoms with Crippen LogP contribution in [0.15, 0.2) is 29.2 Å². The smallest absolute Gasteiger partial charge is 0.242 e. The molecule has 2 rings (SSSR count). The quantitative estimate of drug-likeness (QED) is 0.742. The molecular formula is C17H28ClN3O4S. The first-order chi connectivity index (χ1) is 11.7. The van der Waals surface area contributed by atoms with Crippen LogP contribution in [-0.4, -0.2) is 52.5 Å². The lowest BCUT2D eigenvalue weighted by Crippen LogP contribution is -2.49. The maximum Gasteiger partial charge on any atom is 0.242 e. The lowest BCUT2D eigenvalue weighted by atomic mass is 9.79. The average Bonchev–Trinajstić information content (AvgIpc) is 2.62. The predicted octanol–water partition coefficient (Wildman–Crippen LogP) is 1.29. The molecule has 26 heavy (non-hydrogen) atoms. The fourth-order valence-corrected chi connectivity index (χ4v) is 3.83. The summed E-state index contributed by atoms with van der Waals surface area (Å²) < 4.78 is 31.1. The van der Waals surface area contributed by atoms with Gasteiger partial charge in [0.15, 0.2) is 0 Å². The highest BCUT2D eigenvalue weighted by Crippen LogP contribution is 2.30. The third-order valence-electron chi connectivity index (χ3n) is 4.81.